The Hall–Kier alpha value is -2.12. The predicted octanol–water partition coefficient (Wildman–Crippen LogP) is 2.64. The van der Waals surface area contributed by atoms with Gasteiger partial charge in [0.05, 0.1) is 18.8 Å². The van der Waals surface area contributed by atoms with Gasteiger partial charge >= 0.3 is 6.03 Å². The molecule has 2 unspecified atom stereocenters. The zero-order valence-corrected chi connectivity index (χ0v) is 14.1. The highest BCUT2D eigenvalue weighted by Crippen LogP contribution is 2.29. The lowest BCUT2D eigenvalue weighted by Crippen LogP contribution is -2.38. The summed E-state index contributed by atoms with van der Waals surface area (Å²) >= 11 is 0. The maximum atomic E-state index is 13.3. The number of fused-ring (bicyclic) bond motifs is 1. The van der Waals surface area contributed by atoms with Gasteiger partial charge in [0.1, 0.15) is 17.2 Å². The first-order valence-electron chi connectivity index (χ1n) is 7.82. The topological polar surface area (TPSA) is 83.7 Å². The summed E-state index contributed by atoms with van der Waals surface area (Å²) in [7, 11) is 1.51. The van der Waals surface area contributed by atoms with Crippen molar-refractivity contribution in [1.82, 2.24) is 10.6 Å². The van der Waals surface area contributed by atoms with Gasteiger partial charge in [0.2, 0.25) is 0 Å². The Morgan fingerprint density at radius 2 is 2.21 bits per heavy atom. The van der Waals surface area contributed by atoms with Crippen LogP contribution in [0.2, 0.25) is 0 Å². The lowest BCUT2D eigenvalue weighted by atomic mass is 10.1. The van der Waals surface area contributed by atoms with Gasteiger partial charge in [-0.3, -0.25) is 0 Å². The highest BCUT2D eigenvalue weighted by atomic mass is 19.1. The number of benzene rings is 1. The van der Waals surface area contributed by atoms with E-state index in [1.807, 2.05) is 6.92 Å². The second-order valence-corrected chi connectivity index (χ2v) is 5.75. The van der Waals surface area contributed by atoms with Crippen molar-refractivity contribution in [2.24, 2.45) is 0 Å². The van der Waals surface area contributed by atoms with Crippen molar-refractivity contribution in [3.8, 4) is 0 Å². The van der Waals surface area contributed by atoms with Crippen LogP contribution >= 0.6 is 0 Å². The number of nitrogens with one attached hydrogen (secondary N) is 2. The summed E-state index contributed by atoms with van der Waals surface area (Å²) in [5.41, 5.74) is 1.38. The average Bonchev–Trinajstić information content (AvgIpc) is 2.84. The number of urea groups is 1. The molecular formula is C17H23FN2O4. The molecule has 3 N–H and O–H groups in total. The van der Waals surface area contributed by atoms with Crippen LogP contribution in [-0.4, -0.2) is 37.5 Å². The zero-order chi connectivity index (χ0) is 17.7. The second kappa shape index (κ2) is 8.12. The Balaban J connectivity index is 1.93. The van der Waals surface area contributed by atoms with E-state index >= 15 is 0 Å². The monoisotopic (exact) mass is 338 g/mol. The van der Waals surface area contributed by atoms with E-state index < -0.39 is 6.10 Å². The molecule has 0 radical (unpaired) electrons. The minimum atomic E-state index is -0.611. The minimum Gasteiger partial charge on any atom is -0.459 e. The molecule has 2 rings (SSSR count). The molecule has 0 aliphatic rings. The largest absolute Gasteiger partial charge is 0.459 e. The molecule has 0 aliphatic heterocycles. The first kappa shape index (κ1) is 18.2. The molecule has 0 spiro atoms. The molecule has 132 valence electrons. The fourth-order valence-electron chi connectivity index (χ4n) is 2.57. The Bertz CT molecular complexity index is 701. The normalized spacial score (nSPS) is 13.7. The van der Waals surface area contributed by atoms with E-state index in [1.165, 1.54) is 19.2 Å². The summed E-state index contributed by atoms with van der Waals surface area (Å²) in [4.78, 5) is 11.9. The number of rotatable bonds is 7. The molecule has 2 atom stereocenters. The number of ether oxygens (including phenoxy) is 1. The van der Waals surface area contributed by atoms with Crippen LogP contribution in [0, 0.1) is 12.7 Å². The van der Waals surface area contributed by atoms with Crippen LogP contribution < -0.4 is 10.6 Å². The molecular weight excluding hydrogens is 315 g/mol. The molecule has 6 nitrogen and oxygen atoms in total. The van der Waals surface area contributed by atoms with Gasteiger partial charge in [0.25, 0.3) is 0 Å². The van der Waals surface area contributed by atoms with Crippen LogP contribution in [0.1, 0.15) is 30.7 Å². The number of halogens is 1. The molecule has 0 bridgehead atoms. The Kier molecular flexibility index (Phi) is 6.16. The number of amides is 2. The highest BCUT2D eigenvalue weighted by molar-refractivity contribution is 5.82. The van der Waals surface area contributed by atoms with Crippen molar-refractivity contribution in [2.45, 2.75) is 32.4 Å². The Labute approximate surface area is 140 Å². The summed E-state index contributed by atoms with van der Waals surface area (Å²) in [6, 6.07) is 3.60. The van der Waals surface area contributed by atoms with E-state index in [4.69, 9.17) is 9.15 Å². The predicted molar refractivity (Wildman–Crippen MR) is 88.4 cm³/mol. The average molecular weight is 338 g/mol. The van der Waals surface area contributed by atoms with Crippen LogP contribution in [0.15, 0.2) is 22.6 Å². The van der Waals surface area contributed by atoms with Crippen LogP contribution in [0.5, 0.6) is 0 Å². The van der Waals surface area contributed by atoms with Crippen molar-refractivity contribution in [3.63, 3.8) is 0 Å². The summed E-state index contributed by atoms with van der Waals surface area (Å²) in [6.45, 7) is 4.18. The third-order valence-electron chi connectivity index (χ3n) is 3.80. The summed E-state index contributed by atoms with van der Waals surface area (Å²) in [6.07, 6.45) is -0.210. The van der Waals surface area contributed by atoms with Gasteiger partial charge in [-0.1, -0.05) is 0 Å². The molecule has 2 amide bonds. The Morgan fingerprint density at radius 3 is 2.92 bits per heavy atom. The van der Waals surface area contributed by atoms with E-state index in [9.17, 15) is 14.3 Å². The van der Waals surface area contributed by atoms with Crippen molar-refractivity contribution >= 4 is 17.0 Å². The summed E-state index contributed by atoms with van der Waals surface area (Å²) < 4.78 is 23.9. The maximum Gasteiger partial charge on any atom is 0.315 e. The maximum absolute atomic E-state index is 13.3. The van der Waals surface area contributed by atoms with Gasteiger partial charge in [-0.05, 0) is 38.5 Å². The molecule has 0 fully saturated rings. The van der Waals surface area contributed by atoms with E-state index in [1.54, 1.807) is 13.0 Å². The molecule has 0 saturated carbocycles. The minimum absolute atomic E-state index is 0.231. The summed E-state index contributed by atoms with van der Waals surface area (Å²) in [5, 5.41) is 15.7. The summed E-state index contributed by atoms with van der Waals surface area (Å²) in [5.74, 6) is 0.260. The van der Waals surface area contributed by atoms with Crippen molar-refractivity contribution in [2.75, 3.05) is 20.3 Å². The van der Waals surface area contributed by atoms with Crippen LogP contribution in [0.3, 0.4) is 0 Å². The SMILES string of the molecule is COCC(O)CCNC(=O)NC(C)c1oc2ccc(F)cc2c1C. The number of hydrogen-bond acceptors (Lipinski definition) is 4. The van der Waals surface area contributed by atoms with Crippen LogP contribution in [0.25, 0.3) is 11.0 Å². The van der Waals surface area contributed by atoms with E-state index in [0.717, 1.165) is 5.56 Å². The molecule has 2 aromatic rings. The van der Waals surface area contributed by atoms with Crippen LogP contribution in [-0.2, 0) is 4.74 Å². The molecule has 0 saturated heterocycles. The lowest BCUT2D eigenvalue weighted by Gasteiger charge is -2.14. The van der Waals surface area contributed by atoms with Gasteiger partial charge in [0.15, 0.2) is 0 Å². The van der Waals surface area contributed by atoms with Gasteiger partial charge < -0.3 is 24.9 Å². The fourth-order valence-corrected chi connectivity index (χ4v) is 2.57. The number of carbonyl (C=O) groups is 1. The first-order valence-corrected chi connectivity index (χ1v) is 7.82. The number of aryl methyl sites for hydroxylation is 1. The quantitative estimate of drug-likeness (QED) is 0.725. The van der Waals surface area contributed by atoms with E-state index in [0.29, 0.717) is 29.7 Å². The standard InChI is InChI=1S/C17H23FN2O4/c1-10-14-8-12(18)4-5-15(14)24-16(10)11(2)20-17(22)19-7-6-13(21)9-23-3/h4-5,8,11,13,21H,6-7,9H2,1-3H3,(H2,19,20,22). The number of carbonyl (C=O) groups excluding carboxylic acids is 1. The van der Waals surface area contributed by atoms with Gasteiger partial charge in [-0.2, -0.15) is 0 Å². The Morgan fingerprint density at radius 1 is 1.46 bits per heavy atom. The highest BCUT2D eigenvalue weighted by Gasteiger charge is 2.18. The molecule has 0 aliphatic carbocycles. The second-order valence-electron chi connectivity index (χ2n) is 5.75. The zero-order valence-electron chi connectivity index (χ0n) is 14.1. The molecule has 7 heteroatoms. The molecule has 1 heterocycles. The third kappa shape index (κ3) is 4.46. The van der Waals surface area contributed by atoms with Crippen molar-refractivity contribution in [3.05, 3.63) is 35.3 Å². The van der Waals surface area contributed by atoms with Gasteiger partial charge in [0, 0.05) is 24.6 Å². The van der Waals surface area contributed by atoms with E-state index in [2.05, 4.69) is 10.6 Å². The van der Waals surface area contributed by atoms with Gasteiger partial charge in [-0.15, -0.1) is 0 Å². The smallest absolute Gasteiger partial charge is 0.315 e. The van der Waals surface area contributed by atoms with Gasteiger partial charge in [-0.25, -0.2) is 9.18 Å². The molecule has 1 aromatic carbocycles. The third-order valence-corrected chi connectivity index (χ3v) is 3.80. The lowest BCUT2D eigenvalue weighted by molar-refractivity contribution is 0.0598. The molecule has 1 aromatic heterocycles. The number of methoxy groups -OCH3 is 1. The fraction of sp³-hybridized carbons (Fsp3) is 0.471. The van der Waals surface area contributed by atoms with Crippen molar-refractivity contribution < 1.29 is 23.4 Å². The number of aliphatic hydroxyl groups is 1. The van der Waals surface area contributed by atoms with Crippen LogP contribution in [0.4, 0.5) is 9.18 Å². The molecule has 24 heavy (non-hydrogen) atoms. The van der Waals surface area contributed by atoms with Crippen molar-refractivity contribution in [1.29, 1.82) is 0 Å². The number of hydrogen-bond donors (Lipinski definition) is 3. The van der Waals surface area contributed by atoms with E-state index in [-0.39, 0.29) is 24.5 Å². The number of aliphatic hydroxyl groups excluding tert-OH is 1. The first-order chi connectivity index (χ1) is 11.4. The number of furan rings is 1.